The number of aromatic hydroxyl groups is 1. The van der Waals surface area contributed by atoms with Crippen molar-refractivity contribution in [2.45, 2.75) is 32.9 Å². The number of ether oxygens (including phenoxy) is 1. The van der Waals surface area contributed by atoms with E-state index in [1.807, 2.05) is 6.07 Å². The number of fused-ring (bicyclic) bond motifs is 1. The molecule has 2 aromatic carbocycles. The number of hydrogen-bond acceptors (Lipinski definition) is 5. The fourth-order valence-corrected chi connectivity index (χ4v) is 2.21. The number of urea groups is 1. The minimum atomic E-state index is -1.20. The summed E-state index contributed by atoms with van der Waals surface area (Å²) in [5.74, 6) is -1.82. The number of phenolic OH excluding ortho intramolecular Hbond substituents is 1. The highest BCUT2D eigenvalue weighted by Crippen LogP contribution is 2.29. The summed E-state index contributed by atoms with van der Waals surface area (Å²) in [4.78, 5) is 35.6. The molecule has 3 N–H and O–H groups in total. The summed E-state index contributed by atoms with van der Waals surface area (Å²) in [6.07, 6.45) is -1.20. The van der Waals surface area contributed by atoms with Crippen molar-refractivity contribution in [3.05, 3.63) is 42.0 Å². The van der Waals surface area contributed by atoms with Crippen LogP contribution < -0.4 is 10.6 Å². The summed E-state index contributed by atoms with van der Waals surface area (Å²) in [6, 6.07) is 9.32. The number of esters is 1. The van der Waals surface area contributed by atoms with Gasteiger partial charge in [-0.15, -0.1) is 0 Å². The van der Waals surface area contributed by atoms with Crippen molar-refractivity contribution in [1.82, 2.24) is 10.6 Å². The van der Waals surface area contributed by atoms with Gasteiger partial charge in [0.2, 0.25) is 0 Å². The number of amides is 3. The van der Waals surface area contributed by atoms with Gasteiger partial charge in [0.25, 0.3) is 5.91 Å². The third-order valence-electron chi connectivity index (χ3n) is 3.43. The minimum Gasteiger partial charge on any atom is -0.506 e. The van der Waals surface area contributed by atoms with Crippen LogP contribution in [0.25, 0.3) is 10.8 Å². The maximum absolute atomic E-state index is 12.2. The van der Waals surface area contributed by atoms with Crippen LogP contribution in [-0.4, -0.2) is 35.2 Å². The standard InChI is InChI=1S/C18H20N2O5/c1-10(2)19-18(24)20-16(22)11(3)25-17(23)14-9-8-12-6-4-5-7-13(12)15(14)21/h4-11,21H,1-3H3,(H2,19,20,22,24). The van der Waals surface area contributed by atoms with Gasteiger partial charge in [-0.05, 0) is 32.2 Å². The first-order chi connectivity index (χ1) is 11.8. The molecule has 3 amide bonds. The quantitative estimate of drug-likeness (QED) is 0.738. The predicted octanol–water partition coefficient (Wildman–Crippen LogP) is 2.32. The van der Waals surface area contributed by atoms with Gasteiger partial charge in [0.1, 0.15) is 11.3 Å². The van der Waals surface area contributed by atoms with E-state index in [9.17, 15) is 19.5 Å². The van der Waals surface area contributed by atoms with Gasteiger partial charge in [-0.3, -0.25) is 10.1 Å². The minimum absolute atomic E-state index is 0.0509. The number of rotatable bonds is 4. The lowest BCUT2D eigenvalue weighted by Crippen LogP contribution is -2.46. The van der Waals surface area contributed by atoms with Crippen LogP contribution in [0.2, 0.25) is 0 Å². The third-order valence-corrected chi connectivity index (χ3v) is 3.43. The van der Waals surface area contributed by atoms with E-state index in [2.05, 4.69) is 10.6 Å². The van der Waals surface area contributed by atoms with E-state index < -0.39 is 24.0 Å². The zero-order valence-electron chi connectivity index (χ0n) is 14.2. The molecule has 0 aromatic heterocycles. The Morgan fingerprint density at radius 3 is 2.40 bits per heavy atom. The number of phenols is 1. The molecule has 0 radical (unpaired) electrons. The summed E-state index contributed by atoms with van der Waals surface area (Å²) in [7, 11) is 0. The first-order valence-corrected chi connectivity index (χ1v) is 7.82. The highest BCUT2D eigenvalue weighted by Gasteiger charge is 2.23. The molecule has 7 nitrogen and oxygen atoms in total. The second kappa shape index (κ2) is 7.65. The van der Waals surface area contributed by atoms with Crippen LogP contribution in [0.4, 0.5) is 4.79 Å². The highest BCUT2D eigenvalue weighted by molar-refractivity contribution is 6.03. The summed E-state index contributed by atoms with van der Waals surface area (Å²) in [5.41, 5.74) is -0.0509. The van der Waals surface area contributed by atoms with Gasteiger partial charge in [0, 0.05) is 11.4 Å². The van der Waals surface area contributed by atoms with Crippen molar-refractivity contribution >= 4 is 28.7 Å². The van der Waals surface area contributed by atoms with Crippen molar-refractivity contribution < 1.29 is 24.2 Å². The summed E-state index contributed by atoms with van der Waals surface area (Å²) in [6.45, 7) is 4.83. The van der Waals surface area contributed by atoms with E-state index in [0.717, 1.165) is 5.39 Å². The van der Waals surface area contributed by atoms with Crippen LogP contribution in [0, 0.1) is 0 Å². The molecule has 0 aliphatic heterocycles. The Hall–Kier alpha value is -3.09. The Morgan fingerprint density at radius 1 is 1.04 bits per heavy atom. The van der Waals surface area contributed by atoms with E-state index >= 15 is 0 Å². The van der Waals surface area contributed by atoms with Gasteiger partial charge >= 0.3 is 12.0 Å². The Bertz CT molecular complexity index is 816. The zero-order valence-corrected chi connectivity index (χ0v) is 14.2. The number of carbonyl (C=O) groups excluding carboxylic acids is 3. The molecular weight excluding hydrogens is 324 g/mol. The second-order valence-electron chi connectivity index (χ2n) is 5.85. The molecule has 0 fully saturated rings. The molecular formula is C18H20N2O5. The Kier molecular flexibility index (Phi) is 5.59. The SMILES string of the molecule is CC(C)NC(=O)NC(=O)C(C)OC(=O)c1ccc2ccccc2c1O. The van der Waals surface area contributed by atoms with Crippen LogP contribution in [-0.2, 0) is 9.53 Å². The van der Waals surface area contributed by atoms with E-state index in [0.29, 0.717) is 5.39 Å². The fourth-order valence-electron chi connectivity index (χ4n) is 2.21. The highest BCUT2D eigenvalue weighted by atomic mass is 16.5. The van der Waals surface area contributed by atoms with Gasteiger partial charge in [0.15, 0.2) is 6.10 Å². The fraction of sp³-hybridized carbons (Fsp3) is 0.278. The topological polar surface area (TPSA) is 105 Å². The second-order valence-corrected chi connectivity index (χ2v) is 5.85. The number of imide groups is 1. The molecule has 2 rings (SSSR count). The normalized spacial score (nSPS) is 11.8. The number of nitrogens with one attached hydrogen (secondary N) is 2. The van der Waals surface area contributed by atoms with Crippen LogP contribution in [0.3, 0.4) is 0 Å². The van der Waals surface area contributed by atoms with Crippen molar-refractivity contribution in [1.29, 1.82) is 0 Å². The third kappa shape index (κ3) is 4.47. The van der Waals surface area contributed by atoms with E-state index in [1.165, 1.54) is 13.0 Å². The molecule has 1 atom stereocenters. The molecule has 0 heterocycles. The molecule has 0 saturated heterocycles. The Morgan fingerprint density at radius 2 is 1.72 bits per heavy atom. The number of hydrogen-bond donors (Lipinski definition) is 3. The summed E-state index contributed by atoms with van der Waals surface area (Å²) < 4.78 is 5.04. The monoisotopic (exact) mass is 344 g/mol. The van der Waals surface area contributed by atoms with Crippen LogP contribution in [0.1, 0.15) is 31.1 Å². The lowest BCUT2D eigenvalue weighted by Gasteiger charge is -2.15. The number of carbonyl (C=O) groups is 3. The van der Waals surface area contributed by atoms with Gasteiger partial charge in [-0.2, -0.15) is 0 Å². The molecule has 132 valence electrons. The smallest absolute Gasteiger partial charge is 0.342 e. The van der Waals surface area contributed by atoms with Crippen molar-refractivity contribution in [3.63, 3.8) is 0 Å². The van der Waals surface area contributed by atoms with Crippen molar-refractivity contribution in [2.75, 3.05) is 0 Å². The van der Waals surface area contributed by atoms with Crippen LogP contribution in [0.15, 0.2) is 36.4 Å². The summed E-state index contributed by atoms with van der Waals surface area (Å²) >= 11 is 0. The Labute approximate surface area is 145 Å². The molecule has 7 heteroatoms. The molecule has 0 spiro atoms. The van der Waals surface area contributed by atoms with Gasteiger partial charge in [-0.25, -0.2) is 9.59 Å². The van der Waals surface area contributed by atoms with Crippen LogP contribution in [0.5, 0.6) is 5.75 Å². The van der Waals surface area contributed by atoms with Crippen molar-refractivity contribution in [3.8, 4) is 5.75 Å². The first kappa shape index (κ1) is 18.3. The van der Waals surface area contributed by atoms with Gasteiger partial charge in [0.05, 0.1) is 0 Å². The molecule has 1 unspecified atom stereocenters. The maximum Gasteiger partial charge on any atom is 0.342 e. The van der Waals surface area contributed by atoms with E-state index in [-0.39, 0.29) is 17.4 Å². The number of benzene rings is 2. The zero-order chi connectivity index (χ0) is 18.6. The molecule has 0 bridgehead atoms. The molecule has 0 saturated carbocycles. The molecule has 0 aliphatic rings. The van der Waals surface area contributed by atoms with E-state index in [4.69, 9.17) is 4.74 Å². The largest absolute Gasteiger partial charge is 0.506 e. The van der Waals surface area contributed by atoms with Gasteiger partial charge in [-0.1, -0.05) is 30.3 Å². The average Bonchev–Trinajstić information content (AvgIpc) is 2.54. The first-order valence-electron chi connectivity index (χ1n) is 7.82. The van der Waals surface area contributed by atoms with Gasteiger partial charge < -0.3 is 15.2 Å². The summed E-state index contributed by atoms with van der Waals surface area (Å²) in [5, 5.41) is 16.1. The van der Waals surface area contributed by atoms with Crippen molar-refractivity contribution in [2.24, 2.45) is 0 Å². The molecule has 0 aliphatic carbocycles. The average molecular weight is 344 g/mol. The Balaban J connectivity index is 2.07. The maximum atomic E-state index is 12.2. The lowest BCUT2D eigenvalue weighted by molar-refractivity contribution is -0.127. The lowest BCUT2D eigenvalue weighted by atomic mass is 10.1. The van der Waals surface area contributed by atoms with Crippen LogP contribution >= 0.6 is 0 Å². The molecule has 2 aromatic rings. The molecule has 25 heavy (non-hydrogen) atoms. The predicted molar refractivity (Wildman–Crippen MR) is 92.3 cm³/mol. The van der Waals surface area contributed by atoms with E-state index in [1.54, 1.807) is 38.1 Å².